The fraction of sp³-hybridized carbons (Fsp3) is 0.267. The van der Waals surface area contributed by atoms with E-state index >= 15 is 0 Å². The summed E-state index contributed by atoms with van der Waals surface area (Å²) in [7, 11) is 0. The van der Waals surface area contributed by atoms with E-state index in [1.165, 1.54) is 11.3 Å². The van der Waals surface area contributed by atoms with Crippen molar-refractivity contribution in [3.63, 3.8) is 0 Å². The molecular formula is C15H16N2O3S. The number of thiazole rings is 1. The van der Waals surface area contributed by atoms with Crippen LogP contribution in [0.15, 0.2) is 40.8 Å². The molecule has 1 heterocycles. The third kappa shape index (κ3) is 4.13. The minimum Gasteiger partial charge on any atom is -0.465 e. The van der Waals surface area contributed by atoms with Gasteiger partial charge in [-0.05, 0) is 26.0 Å². The van der Waals surface area contributed by atoms with Crippen molar-refractivity contribution in [1.29, 1.82) is 0 Å². The molecule has 0 N–H and O–H groups in total. The molecule has 21 heavy (non-hydrogen) atoms. The zero-order valence-corrected chi connectivity index (χ0v) is 12.7. The maximum absolute atomic E-state index is 12.1. The van der Waals surface area contributed by atoms with Gasteiger partial charge in [0.25, 0.3) is 5.91 Å². The second kappa shape index (κ2) is 6.99. The summed E-state index contributed by atoms with van der Waals surface area (Å²) in [5.74, 6) is -0.671. The SMILES string of the molecule is CCOC(=O)Cn1ccsc1=NC(=O)c1ccc(C)cc1. The Bertz CT molecular complexity index is 698. The highest BCUT2D eigenvalue weighted by molar-refractivity contribution is 7.07. The lowest BCUT2D eigenvalue weighted by Gasteiger charge is -2.02. The highest BCUT2D eigenvalue weighted by atomic mass is 32.1. The molecule has 2 rings (SSSR count). The first-order chi connectivity index (χ1) is 10.1. The molecule has 5 nitrogen and oxygen atoms in total. The number of ether oxygens (including phenoxy) is 1. The molecule has 0 unspecified atom stereocenters. The molecule has 0 saturated heterocycles. The van der Waals surface area contributed by atoms with Gasteiger partial charge in [0, 0.05) is 17.1 Å². The molecule has 0 aliphatic heterocycles. The minimum atomic E-state index is -0.347. The molecule has 0 atom stereocenters. The summed E-state index contributed by atoms with van der Waals surface area (Å²) in [5.41, 5.74) is 1.61. The van der Waals surface area contributed by atoms with Gasteiger partial charge in [-0.1, -0.05) is 17.7 Å². The van der Waals surface area contributed by atoms with E-state index in [2.05, 4.69) is 4.99 Å². The number of hydrogen-bond acceptors (Lipinski definition) is 4. The highest BCUT2D eigenvalue weighted by Gasteiger charge is 2.07. The lowest BCUT2D eigenvalue weighted by molar-refractivity contribution is -0.143. The van der Waals surface area contributed by atoms with Gasteiger partial charge in [-0.3, -0.25) is 9.59 Å². The third-order valence-corrected chi connectivity index (χ3v) is 3.55. The third-order valence-electron chi connectivity index (χ3n) is 2.76. The first kappa shape index (κ1) is 15.2. The lowest BCUT2D eigenvalue weighted by atomic mass is 10.1. The molecule has 1 aromatic carbocycles. The zero-order chi connectivity index (χ0) is 15.2. The molecule has 1 amide bonds. The number of hydrogen-bond donors (Lipinski definition) is 0. The summed E-state index contributed by atoms with van der Waals surface area (Å²) in [6, 6.07) is 7.21. The van der Waals surface area contributed by atoms with Crippen LogP contribution in [0.25, 0.3) is 0 Å². The molecule has 0 saturated carbocycles. The quantitative estimate of drug-likeness (QED) is 0.813. The Balaban J connectivity index is 2.21. The summed E-state index contributed by atoms with van der Waals surface area (Å²) in [6.07, 6.45) is 1.71. The van der Waals surface area contributed by atoms with Crippen LogP contribution in [0, 0.1) is 6.92 Å². The molecule has 0 bridgehead atoms. The fourth-order valence-corrected chi connectivity index (χ4v) is 2.43. The topological polar surface area (TPSA) is 60.7 Å². The number of amides is 1. The standard InChI is InChI=1S/C15H16N2O3S/c1-3-20-13(18)10-17-8-9-21-15(17)16-14(19)12-6-4-11(2)5-7-12/h4-9H,3,10H2,1-2H3. The van der Waals surface area contributed by atoms with Gasteiger partial charge in [0.15, 0.2) is 4.80 Å². The number of nitrogens with zero attached hydrogens (tertiary/aromatic N) is 2. The van der Waals surface area contributed by atoms with Crippen molar-refractivity contribution in [3.05, 3.63) is 51.8 Å². The van der Waals surface area contributed by atoms with Gasteiger partial charge in [0.2, 0.25) is 0 Å². The number of rotatable bonds is 4. The monoisotopic (exact) mass is 304 g/mol. The van der Waals surface area contributed by atoms with Crippen LogP contribution in [0.1, 0.15) is 22.8 Å². The van der Waals surface area contributed by atoms with E-state index in [1.54, 1.807) is 35.2 Å². The minimum absolute atomic E-state index is 0.0529. The number of benzene rings is 1. The van der Waals surface area contributed by atoms with E-state index in [1.807, 2.05) is 19.1 Å². The first-order valence-electron chi connectivity index (χ1n) is 6.55. The Morgan fingerprint density at radius 1 is 1.29 bits per heavy atom. The van der Waals surface area contributed by atoms with Crippen LogP contribution in [0.2, 0.25) is 0 Å². The Hall–Kier alpha value is -2.21. The van der Waals surface area contributed by atoms with Crippen LogP contribution >= 0.6 is 11.3 Å². The molecule has 0 radical (unpaired) electrons. The van der Waals surface area contributed by atoms with Gasteiger partial charge in [0.1, 0.15) is 6.54 Å². The van der Waals surface area contributed by atoms with Crippen LogP contribution in [-0.4, -0.2) is 23.1 Å². The van der Waals surface area contributed by atoms with Crippen molar-refractivity contribution in [3.8, 4) is 0 Å². The summed E-state index contributed by atoms with van der Waals surface area (Å²) >= 11 is 1.30. The predicted molar refractivity (Wildman–Crippen MR) is 80.0 cm³/mol. The largest absolute Gasteiger partial charge is 0.465 e. The molecule has 0 aliphatic carbocycles. The van der Waals surface area contributed by atoms with Crippen molar-refractivity contribution < 1.29 is 14.3 Å². The van der Waals surface area contributed by atoms with Crippen LogP contribution in [0.3, 0.4) is 0 Å². The Labute approximate surface area is 126 Å². The van der Waals surface area contributed by atoms with Crippen molar-refractivity contribution in [2.24, 2.45) is 4.99 Å². The van der Waals surface area contributed by atoms with Crippen LogP contribution in [0.5, 0.6) is 0 Å². The van der Waals surface area contributed by atoms with E-state index in [4.69, 9.17) is 4.74 Å². The number of carbonyl (C=O) groups is 2. The van der Waals surface area contributed by atoms with Crippen LogP contribution in [0.4, 0.5) is 0 Å². The van der Waals surface area contributed by atoms with Gasteiger partial charge in [0.05, 0.1) is 6.61 Å². The summed E-state index contributed by atoms with van der Waals surface area (Å²) in [5, 5.41) is 1.78. The highest BCUT2D eigenvalue weighted by Crippen LogP contribution is 2.04. The molecule has 0 spiro atoms. The maximum atomic E-state index is 12.1. The number of carbonyl (C=O) groups excluding carboxylic acids is 2. The van der Waals surface area contributed by atoms with E-state index in [9.17, 15) is 9.59 Å². The molecule has 0 aliphatic rings. The van der Waals surface area contributed by atoms with Crippen molar-refractivity contribution in [2.45, 2.75) is 20.4 Å². The Kier molecular flexibility index (Phi) is 5.05. The van der Waals surface area contributed by atoms with E-state index in [-0.39, 0.29) is 18.4 Å². The molecule has 0 fully saturated rings. The molecule has 6 heteroatoms. The summed E-state index contributed by atoms with van der Waals surface area (Å²) in [6.45, 7) is 4.09. The summed E-state index contributed by atoms with van der Waals surface area (Å²) in [4.78, 5) is 28.1. The first-order valence-corrected chi connectivity index (χ1v) is 7.43. The van der Waals surface area contributed by atoms with Crippen molar-refractivity contribution >= 4 is 23.2 Å². The molecule has 1 aromatic heterocycles. The maximum Gasteiger partial charge on any atom is 0.326 e. The average molecular weight is 304 g/mol. The van der Waals surface area contributed by atoms with Crippen molar-refractivity contribution in [1.82, 2.24) is 4.57 Å². The zero-order valence-electron chi connectivity index (χ0n) is 11.9. The molecular weight excluding hydrogens is 288 g/mol. The van der Waals surface area contributed by atoms with Gasteiger partial charge in [-0.25, -0.2) is 0 Å². The number of aryl methyl sites for hydroxylation is 1. The van der Waals surface area contributed by atoms with Gasteiger partial charge >= 0.3 is 5.97 Å². The van der Waals surface area contributed by atoms with Gasteiger partial charge in [-0.15, -0.1) is 11.3 Å². The Morgan fingerprint density at radius 3 is 2.67 bits per heavy atom. The van der Waals surface area contributed by atoms with Crippen LogP contribution in [-0.2, 0) is 16.1 Å². The van der Waals surface area contributed by atoms with E-state index in [0.29, 0.717) is 17.0 Å². The van der Waals surface area contributed by atoms with Crippen molar-refractivity contribution in [2.75, 3.05) is 6.61 Å². The predicted octanol–water partition coefficient (Wildman–Crippen LogP) is 2.16. The second-order valence-corrected chi connectivity index (χ2v) is 5.27. The van der Waals surface area contributed by atoms with Gasteiger partial charge < -0.3 is 9.30 Å². The van der Waals surface area contributed by atoms with E-state index < -0.39 is 0 Å². The molecule has 2 aromatic rings. The fourth-order valence-electron chi connectivity index (χ4n) is 1.70. The average Bonchev–Trinajstić information content (AvgIpc) is 2.87. The summed E-state index contributed by atoms with van der Waals surface area (Å²) < 4.78 is 6.50. The number of esters is 1. The van der Waals surface area contributed by atoms with E-state index in [0.717, 1.165) is 5.56 Å². The normalized spacial score (nSPS) is 11.4. The number of aromatic nitrogens is 1. The Morgan fingerprint density at radius 2 is 2.00 bits per heavy atom. The molecule has 110 valence electrons. The van der Waals surface area contributed by atoms with Gasteiger partial charge in [-0.2, -0.15) is 4.99 Å². The smallest absolute Gasteiger partial charge is 0.326 e. The second-order valence-electron chi connectivity index (χ2n) is 4.40. The lowest BCUT2D eigenvalue weighted by Crippen LogP contribution is -2.22. The van der Waals surface area contributed by atoms with Crippen LogP contribution < -0.4 is 4.80 Å².